The molecule has 1 saturated heterocycles. The molecule has 280 valence electrons. The van der Waals surface area contributed by atoms with Gasteiger partial charge in [0, 0.05) is 25.9 Å². The van der Waals surface area contributed by atoms with Crippen molar-refractivity contribution in [1.82, 2.24) is 20.9 Å². The van der Waals surface area contributed by atoms with Gasteiger partial charge in [0.05, 0.1) is 12.5 Å². The molecule has 2 unspecified atom stereocenters. The standard InChI is InChI=1S/C32H50F2N4O8.C3H8/c1-8-9-11-21(25(40)27(42)35-18-15-23(39)45-30(2,3)4)36-26(41)22-12-10-19-38(22)28(43)24(37-29(44)46-31(5,6)7)20-13-16-32(33,34)17-14-20;1-3-2/h8,20-22,24H,1,9-19H2,2-7H3,(H,35,42)(H,36,41)(H,37,44);3H2,1-2H3/t21?,22?,24-;/m0./s1. The lowest BCUT2D eigenvalue weighted by atomic mass is 9.81. The molecule has 12 nitrogen and oxygen atoms in total. The lowest BCUT2D eigenvalue weighted by molar-refractivity contribution is -0.154. The van der Waals surface area contributed by atoms with Crippen LogP contribution in [0.3, 0.4) is 0 Å². The first kappa shape index (κ1) is 43.4. The Morgan fingerprint density at radius 3 is 2.04 bits per heavy atom. The van der Waals surface area contributed by atoms with Crippen molar-refractivity contribution in [3.8, 4) is 0 Å². The molecule has 2 fully saturated rings. The summed E-state index contributed by atoms with van der Waals surface area (Å²) in [5, 5.41) is 7.55. The molecular formula is C35H58F2N4O8. The SMILES string of the molecule is C=CCCC(NC(=O)C1CCCN1C(=O)[C@@H](NC(=O)OC(C)(C)C)C1CCC(F)(F)CC1)C(=O)C(=O)NCCC(=O)OC(C)(C)C.CCC. The van der Waals surface area contributed by atoms with Crippen LogP contribution in [0.4, 0.5) is 13.6 Å². The number of carbonyl (C=O) groups is 6. The lowest BCUT2D eigenvalue weighted by Gasteiger charge is -2.36. The van der Waals surface area contributed by atoms with Crippen molar-refractivity contribution in [3.05, 3.63) is 12.7 Å². The van der Waals surface area contributed by atoms with Gasteiger partial charge in [-0.2, -0.15) is 0 Å². The number of esters is 1. The summed E-state index contributed by atoms with van der Waals surface area (Å²) in [5.41, 5.74) is -1.58. The van der Waals surface area contributed by atoms with E-state index in [-0.39, 0.29) is 45.2 Å². The Kier molecular flexibility index (Phi) is 17.3. The number of nitrogens with one attached hydrogen (secondary N) is 3. The Labute approximate surface area is 289 Å². The smallest absolute Gasteiger partial charge is 0.408 e. The van der Waals surface area contributed by atoms with Crippen molar-refractivity contribution >= 4 is 35.6 Å². The molecule has 0 aromatic rings. The number of hydrogen-bond donors (Lipinski definition) is 3. The number of ether oxygens (including phenoxy) is 2. The number of likely N-dealkylation sites (tertiary alicyclic amines) is 1. The van der Waals surface area contributed by atoms with E-state index in [9.17, 15) is 37.5 Å². The second-order valence-corrected chi connectivity index (χ2v) is 14.6. The maximum absolute atomic E-state index is 13.9. The summed E-state index contributed by atoms with van der Waals surface area (Å²) >= 11 is 0. The Hall–Kier alpha value is -3.58. The number of hydrogen-bond acceptors (Lipinski definition) is 8. The number of amides is 4. The fourth-order valence-corrected chi connectivity index (χ4v) is 5.43. The number of Topliss-reactive ketones (excluding diaryl/α,β-unsaturated/α-hetero) is 1. The molecule has 14 heteroatoms. The van der Waals surface area contributed by atoms with E-state index in [1.54, 1.807) is 41.5 Å². The number of alkyl carbamates (subject to hydrolysis) is 1. The van der Waals surface area contributed by atoms with Gasteiger partial charge in [-0.15, -0.1) is 6.58 Å². The summed E-state index contributed by atoms with van der Waals surface area (Å²) in [4.78, 5) is 79.0. The van der Waals surface area contributed by atoms with Gasteiger partial charge in [-0.1, -0.05) is 26.3 Å². The molecule has 4 amide bonds. The molecule has 2 rings (SSSR count). The first-order chi connectivity index (χ1) is 22.6. The third kappa shape index (κ3) is 16.1. The average Bonchev–Trinajstić information content (AvgIpc) is 3.46. The molecule has 1 saturated carbocycles. The molecule has 2 aliphatic rings. The van der Waals surface area contributed by atoms with E-state index in [0.717, 1.165) is 0 Å². The van der Waals surface area contributed by atoms with Gasteiger partial charge < -0.3 is 30.3 Å². The second-order valence-electron chi connectivity index (χ2n) is 14.6. The van der Waals surface area contributed by atoms with Crippen LogP contribution in [0.2, 0.25) is 0 Å². The topological polar surface area (TPSA) is 160 Å². The van der Waals surface area contributed by atoms with Gasteiger partial charge in [0.25, 0.3) is 5.91 Å². The third-order valence-corrected chi connectivity index (χ3v) is 7.56. The van der Waals surface area contributed by atoms with Gasteiger partial charge in [0.2, 0.25) is 23.5 Å². The van der Waals surface area contributed by atoms with E-state index in [4.69, 9.17) is 9.47 Å². The second kappa shape index (κ2) is 19.6. The zero-order chi connectivity index (χ0) is 37.6. The van der Waals surface area contributed by atoms with Crippen molar-refractivity contribution < 1.29 is 47.0 Å². The Morgan fingerprint density at radius 1 is 0.939 bits per heavy atom. The minimum Gasteiger partial charge on any atom is -0.460 e. The van der Waals surface area contributed by atoms with Crippen molar-refractivity contribution in [3.63, 3.8) is 0 Å². The molecule has 3 N–H and O–H groups in total. The number of rotatable bonds is 13. The van der Waals surface area contributed by atoms with Crippen LogP contribution in [0.1, 0.15) is 120 Å². The summed E-state index contributed by atoms with van der Waals surface area (Å²) in [6.07, 6.45) is 1.91. The van der Waals surface area contributed by atoms with E-state index < -0.39 is 89.6 Å². The van der Waals surface area contributed by atoms with Gasteiger partial charge in [0.1, 0.15) is 23.3 Å². The lowest BCUT2D eigenvalue weighted by Crippen LogP contribution is -2.58. The molecule has 0 bridgehead atoms. The number of alkyl halides is 2. The van der Waals surface area contributed by atoms with Crippen LogP contribution in [0.15, 0.2) is 12.7 Å². The zero-order valence-corrected chi connectivity index (χ0v) is 30.5. The maximum atomic E-state index is 13.9. The Morgan fingerprint density at radius 2 is 1.51 bits per heavy atom. The summed E-state index contributed by atoms with van der Waals surface area (Å²) < 4.78 is 38.4. The van der Waals surface area contributed by atoms with Gasteiger partial charge in [0.15, 0.2) is 0 Å². The zero-order valence-electron chi connectivity index (χ0n) is 30.5. The van der Waals surface area contributed by atoms with Crippen LogP contribution in [-0.4, -0.2) is 88.8 Å². The molecule has 0 spiro atoms. The summed E-state index contributed by atoms with van der Waals surface area (Å²) in [6.45, 7) is 18.0. The summed E-state index contributed by atoms with van der Waals surface area (Å²) in [5.74, 6) is -7.20. The fraction of sp³-hybridized carbons (Fsp3) is 0.771. The number of halogens is 2. The van der Waals surface area contributed by atoms with Crippen LogP contribution in [0.25, 0.3) is 0 Å². The predicted molar refractivity (Wildman–Crippen MR) is 181 cm³/mol. The Bertz CT molecular complexity index is 1160. The first-order valence-corrected chi connectivity index (χ1v) is 17.3. The van der Waals surface area contributed by atoms with Gasteiger partial charge >= 0.3 is 12.1 Å². The molecule has 1 heterocycles. The molecule has 1 aliphatic carbocycles. The monoisotopic (exact) mass is 700 g/mol. The van der Waals surface area contributed by atoms with Crippen LogP contribution in [-0.2, 0) is 33.4 Å². The van der Waals surface area contributed by atoms with E-state index in [0.29, 0.717) is 12.8 Å². The quantitative estimate of drug-likeness (QED) is 0.138. The minimum absolute atomic E-state index is 0.00885. The molecule has 0 aromatic carbocycles. The van der Waals surface area contributed by atoms with Crippen molar-refractivity contribution in [2.45, 2.75) is 155 Å². The molecule has 49 heavy (non-hydrogen) atoms. The highest BCUT2D eigenvalue weighted by molar-refractivity contribution is 6.38. The summed E-state index contributed by atoms with van der Waals surface area (Å²) in [7, 11) is 0. The van der Waals surface area contributed by atoms with Crippen LogP contribution >= 0.6 is 0 Å². The van der Waals surface area contributed by atoms with Crippen molar-refractivity contribution in [2.75, 3.05) is 13.1 Å². The minimum atomic E-state index is -2.86. The Balaban J connectivity index is 0.00000385. The molecular weight excluding hydrogens is 642 g/mol. The highest BCUT2D eigenvalue weighted by atomic mass is 19.3. The first-order valence-electron chi connectivity index (χ1n) is 17.3. The van der Waals surface area contributed by atoms with Gasteiger partial charge in [-0.05, 0) is 86.0 Å². The average molecular weight is 701 g/mol. The van der Waals surface area contributed by atoms with E-state index in [1.165, 1.54) is 17.4 Å². The van der Waals surface area contributed by atoms with Crippen LogP contribution < -0.4 is 16.0 Å². The normalized spacial score (nSPS) is 18.9. The number of ketones is 1. The molecule has 0 aromatic heterocycles. The molecule has 1 aliphatic heterocycles. The van der Waals surface area contributed by atoms with Crippen LogP contribution in [0, 0.1) is 5.92 Å². The van der Waals surface area contributed by atoms with E-state index in [1.807, 2.05) is 0 Å². The summed E-state index contributed by atoms with van der Waals surface area (Å²) in [6, 6.07) is -3.45. The van der Waals surface area contributed by atoms with Gasteiger partial charge in [-0.25, -0.2) is 13.6 Å². The predicted octanol–water partition coefficient (Wildman–Crippen LogP) is 4.98. The number of carbonyl (C=O) groups excluding carboxylic acids is 6. The van der Waals surface area contributed by atoms with Crippen molar-refractivity contribution in [1.29, 1.82) is 0 Å². The molecule has 0 radical (unpaired) electrons. The largest absolute Gasteiger partial charge is 0.460 e. The van der Waals surface area contributed by atoms with E-state index in [2.05, 4.69) is 36.4 Å². The number of allylic oxidation sites excluding steroid dienone is 1. The fourth-order valence-electron chi connectivity index (χ4n) is 5.43. The number of nitrogens with zero attached hydrogens (tertiary/aromatic N) is 1. The van der Waals surface area contributed by atoms with E-state index >= 15 is 0 Å². The van der Waals surface area contributed by atoms with Gasteiger partial charge in [-0.3, -0.25) is 24.0 Å². The van der Waals surface area contributed by atoms with Crippen LogP contribution in [0.5, 0.6) is 0 Å². The molecule has 3 atom stereocenters. The maximum Gasteiger partial charge on any atom is 0.408 e. The highest BCUT2D eigenvalue weighted by Gasteiger charge is 2.45. The highest BCUT2D eigenvalue weighted by Crippen LogP contribution is 2.38. The third-order valence-electron chi connectivity index (χ3n) is 7.56. The van der Waals surface area contributed by atoms with Crippen molar-refractivity contribution in [2.24, 2.45) is 5.92 Å².